The summed E-state index contributed by atoms with van der Waals surface area (Å²) in [5.74, 6) is -0.167. The Morgan fingerprint density at radius 1 is 0.556 bits per heavy atom. The minimum atomic E-state index is -0.404. The van der Waals surface area contributed by atoms with E-state index in [1.54, 1.807) is 0 Å². The van der Waals surface area contributed by atoms with Gasteiger partial charge in [-0.15, -0.1) is 0 Å². The molecule has 144 valence electrons. The van der Waals surface area contributed by atoms with Crippen LogP contribution in [0.2, 0.25) is 0 Å². The zero-order valence-electron chi connectivity index (χ0n) is 14.8. The van der Waals surface area contributed by atoms with Crippen LogP contribution in [-0.4, -0.2) is 15.3 Å². The average molecular weight is 378 g/mol. The number of hydrogen-bond acceptors (Lipinski definition) is 9. The van der Waals surface area contributed by atoms with Gasteiger partial charge in [0.2, 0.25) is 33.5 Å². The Hall–Kier alpha value is -3.75. The van der Waals surface area contributed by atoms with E-state index in [2.05, 4.69) is 13.3 Å². The van der Waals surface area contributed by atoms with Gasteiger partial charge >= 0.3 is 0 Å². The summed E-state index contributed by atoms with van der Waals surface area (Å²) in [5, 5.41) is 26.4. The fourth-order valence-corrected chi connectivity index (χ4v) is 1.52. The summed E-state index contributed by atoms with van der Waals surface area (Å²) in [6.07, 6.45) is 3.74. The molecule has 27 heavy (non-hydrogen) atoms. The van der Waals surface area contributed by atoms with Crippen molar-refractivity contribution in [1.82, 2.24) is 0 Å². The van der Waals surface area contributed by atoms with Crippen LogP contribution in [0.15, 0.2) is 64.6 Å². The van der Waals surface area contributed by atoms with E-state index in [0.717, 1.165) is 0 Å². The molecule has 3 aromatic heterocycles. The molecule has 3 rings (SSSR count). The molecule has 0 aliphatic heterocycles. The molecular formula is C18H18O9. The van der Waals surface area contributed by atoms with Crippen molar-refractivity contribution in [3.05, 3.63) is 84.9 Å². The van der Waals surface area contributed by atoms with Crippen LogP contribution < -0.4 is 16.3 Å². The Bertz CT molecular complexity index is 920. The van der Waals surface area contributed by atoms with Crippen molar-refractivity contribution < 1.29 is 28.6 Å². The Morgan fingerprint density at radius 3 is 0.926 bits per heavy atom. The molecule has 3 aromatic rings. The summed E-state index contributed by atoms with van der Waals surface area (Å²) in [6, 6.07) is 3.51. The van der Waals surface area contributed by atoms with Crippen molar-refractivity contribution in [2.24, 2.45) is 0 Å². The molecule has 3 heterocycles. The zero-order chi connectivity index (χ0) is 20.6. The molecule has 3 N–H and O–H groups in total. The fourth-order valence-electron chi connectivity index (χ4n) is 1.52. The second-order valence-electron chi connectivity index (χ2n) is 5.07. The van der Waals surface area contributed by atoms with E-state index in [1.165, 1.54) is 57.8 Å². The molecule has 0 fully saturated rings. The third-order valence-electron chi connectivity index (χ3n) is 3.09. The molecule has 0 aliphatic rings. The number of hydrogen-bond donors (Lipinski definition) is 3. The molecule has 0 amide bonds. The van der Waals surface area contributed by atoms with Crippen LogP contribution in [0.3, 0.4) is 0 Å². The highest BCUT2D eigenvalue weighted by molar-refractivity contribution is 5.21. The lowest BCUT2D eigenvalue weighted by Crippen LogP contribution is -1.97. The third-order valence-corrected chi connectivity index (χ3v) is 3.09. The van der Waals surface area contributed by atoms with Gasteiger partial charge in [0.1, 0.15) is 17.3 Å². The lowest BCUT2D eigenvalue weighted by atomic mass is 10.4. The molecular weight excluding hydrogens is 360 g/mol. The van der Waals surface area contributed by atoms with Crippen LogP contribution >= 0.6 is 0 Å². The van der Waals surface area contributed by atoms with Gasteiger partial charge in [-0.3, -0.25) is 14.4 Å². The summed E-state index contributed by atoms with van der Waals surface area (Å²) in [7, 11) is 0. The maximum Gasteiger partial charge on any atom is 0.226 e. The highest BCUT2D eigenvalue weighted by Crippen LogP contribution is 2.07. The summed E-state index contributed by atoms with van der Waals surface area (Å²) in [5.41, 5.74) is -1.21. The van der Waals surface area contributed by atoms with Gasteiger partial charge in [0.15, 0.2) is 0 Å². The van der Waals surface area contributed by atoms with Gasteiger partial charge in [-0.2, -0.15) is 0 Å². The first-order valence-corrected chi connectivity index (χ1v) is 7.47. The van der Waals surface area contributed by atoms with Gasteiger partial charge in [-0.05, 0) is 20.8 Å². The Kier molecular flexibility index (Phi) is 7.62. The molecule has 9 heteroatoms. The quantitative estimate of drug-likeness (QED) is 0.533. The Labute approximate surface area is 152 Å². The molecule has 0 spiro atoms. The first kappa shape index (κ1) is 21.3. The van der Waals surface area contributed by atoms with Crippen LogP contribution in [0.5, 0.6) is 17.2 Å². The van der Waals surface area contributed by atoms with Crippen molar-refractivity contribution >= 4 is 0 Å². The first-order chi connectivity index (χ1) is 12.6. The normalized spacial score (nSPS) is 9.44. The predicted octanol–water partition coefficient (Wildman–Crippen LogP) is 1.96. The predicted molar refractivity (Wildman–Crippen MR) is 94.1 cm³/mol. The summed E-state index contributed by atoms with van der Waals surface area (Å²) in [4.78, 5) is 31.6. The van der Waals surface area contributed by atoms with Gasteiger partial charge in [-0.1, -0.05) is 0 Å². The maximum absolute atomic E-state index is 10.5. The van der Waals surface area contributed by atoms with E-state index in [9.17, 15) is 14.4 Å². The summed E-state index contributed by atoms with van der Waals surface area (Å²) >= 11 is 0. The van der Waals surface area contributed by atoms with E-state index in [4.69, 9.17) is 15.3 Å². The molecule has 0 atom stereocenters. The van der Waals surface area contributed by atoms with Crippen LogP contribution in [0.25, 0.3) is 0 Å². The maximum atomic E-state index is 10.5. The summed E-state index contributed by atoms with van der Waals surface area (Å²) in [6.45, 7) is 4.57. The van der Waals surface area contributed by atoms with Crippen molar-refractivity contribution in [2.75, 3.05) is 0 Å². The lowest BCUT2D eigenvalue weighted by molar-refractivity contribution is 0.411. The highest BCUT2D eigenvalue weighted by Gasteiger charge is 2.00. The second kappa shape index (κ2) is 9.66. The summed E-state index contributed by atoms with van der Waals surface area (Å²) < 4.78 is 14.1. The first-order valence-electron chi connectivity index (χ1n) is 7.47. The SMILES string of the molecule is Cc1occc(=O)c1O.Cc1occc(=O)c1O.Cc1occc(=O)c1O. The van der Waals surface area contributed by atoms with Crippen molar-refractivity contribution in [1.29, 1.82) is 0 Å². The molecule has 0 bridgehead atoms. The molecule has 0 aliphatic carbocycles. The molecule has 0 saturated carbocycles. The van der Waals surface area contributed by atoms with Crippen molar-refractivity contribution in [3.8, 4) is 17.2 Å². The van der Waals surface area contributed by atoms with Gasteiger partial charge in [0, 0.05) is 18.2 Å². The number of aryl methyl sites for hydroxylation is 3. The topological polar surface area (TPSA) is 151 Å². The van der Waals surface area contributed by atoms with E-state index in [0.29, 0.717) is 0 Å². The minimum absolute atomic E-state index is 0.252. The van der Waals surface area contributed by atoms with Gasteiger partial charge in [-0.25, -0.2) is 0 Å². The average Bonchev–Trinajstić information content (AvgIpc) is 2.63. The molecule has 0 aromatic carbocycles. The van der Waals surface area contributed by atoms with E-state index in [1.807, 2.05) is 0 Å². The van der Waals surface area contributed by atoms with Crippen LogP contribution in [-0.2, 0) is 0 Å². The minimum Gasteiger partial charge on any atom is -0.502 e. The Balaban J connectivity index is 0.000000202. The van der Waals surface area contributed by atoms with Crippen LogP contribution in [0, 0.1) is 20.8 Å². The van der Waals surface area contributed by atoms with Crippen molar-refractivity contribution in [2.45, 2.75) is 20.8 Å². The standard InChI is InChI=1S/3C6H6O3/c3*1-4-6(8)5(7)2-3-9-4/h3*2-3,8H,1H3. The van der Waals surface area contributed by atoms with Gasteiger partial charge < -0.3 is 28.6 Å². The van der Waals surface area contributed by atoms with Gasteiger partial charge in [0.25, 0.3) is 0 Å². The second-order valence-corrected chi connectivity index (χ2v) is 5.07. The largest absolute Gasteiger partial charge is 0.502 e. The molecule has 0 unspecified atom stereocenters. The molecule has 9 nitrogen and oxygen atoms in total. The van der Waals surface area contributed by atoms with E-state index < -0.39 is 16.3 Å². The zero-order valence-corrected chi connectivity index (χ0v) is 14.8. The van der Waals surface area contributed by atoms with E-state index >= 15 is 0 Å². The van der Waals surface area contributed by atoms with Crippen molar-refractivity contribution in [3.63, 3.8) is 0 Å². The van der Waals surface area contributed by atoms with Crippen LogP contribution in [0.4, 0.5) is 0 Å². The lowest BCUT2D eigenvalue weighted by Gasteiger charge is -1.91. The van der Waals surface area contributed by atoms with Gasteiger partial charge in [0.05, 0.1) is 18.8 Å². The number of rotatable bonds is 0. The Morgan fingerprint density at radius 2 is 0.778 bits per heavy atom. The third kappa shape index (κ3) is 6.24. The monoisotopic (exact) mass is 378 g/mol. The highest BCUT2D eigenvalue weighted by atomic mass is 16.4. The number of aromatic hydroxyl groups is 3. The van der Waals surface area contributed by atoms with E-state index in [-0.39, 0.29) is 34.5 Å². The van der Waals surface area contributed by atoms with Crippen LogP contribution in [0.1, 0.15) is 17.3 Å². The molecule has 0 saturated heterocycles. The smallest absolute Gasteiger partial charge is 0.226 e. The molecule has 0 radical (unpaired) electrons. The fraction of sp³-hybridized carbons (Fsp3) is 0.167.